The molecule has 1 aromatic heterocycles. The minimum atomic E-state index is 0.518. The minimum absolute atomic E-state index is 0.518. The lowest BCUT2D eigenvalue weighted by atomic mass is 10.1. The molecule has 106 valence electrons. The van der Waals surface area contributed by atoms with Gasteiger partial charge < -0.3 is 10.1 Å². The molecule has 1 heterocycles. The summed E-state index contributed by atoms with van der Waals surface area (Å²) in [6.45, 7) is 2.74. The Balaban J connectivity index is 2.16. The van der Waals surface area contributed by atoms with E-state index in [9.17, 15) is 0 Å². The Hall–Kier alpha value is -1.81. The zero-order valence-electron chi connectivity index (χ0n) is 11.7. The number of hydrogen-bond acceptors (Lipinski definition) is 4. The molecule has 20 heavy (non-hydrogen) atoms. The molecular formula is C15H18ClN3O. The maximum absolute atomic E-state index is 6.13. The van der Waals surface area contributed by atoms with Crippen LogP contribution in [0.2, 0.25) is 5.15 Å². The van der Waals surface area contributed by atoms with Crippen LogP contribution in [0.1, 0.15) is 24.5 Å². The van der Waals surface area contributed by atoms with Crippen LogP contribution >= 0.6 is 11.6 Å². The van der Waals surface area contributed by atoms with Gasteiger partial charge in [0.2, 0.25) is 0 Å². The van der Waals surface area contributed by atoms with Crippen LogP contribution in [0, 0.1) is 0 Å². The first-order valence-electron chi connectivity index (χ1n) is 6.61. The summed E-state index contributed by atoms with van der Waals surface area (Å²) in [7, 11) is 1.67. The molecule has 0 aliphatic heterocycles. The normalized spacial score (nSPS) is 10.3. The zero-order valence-corrected chi connectivity index (χ0v) is 12.4. The number of rotatable bonds is 6. The number of ether oxygens (including phenoxy) is 1. The number of hydrogen-bond donors (Lipinski definition) is 1. The van der Waals surface area contributed by atoms with Gasteiger partial charge >= 0.3 is 0 Å². The van der Waals surface area contributed by atoms with Gasteiger partial charge in [-0.05, 0) is 12.5 Å². The van der Waals surface area contributed by atoms with Gasteiger partial charge in [-0.1, -0.05) is 43.1 Å². The van der Waals surface area contributed by atoms with Gasteiger partial charge in [-0.3, -0.25) is 0 Å². The number of anilines is 1. The largest absolute Gasteiger partial charge is 0.496 e. The summed E-state index contributed by atoms with van der Waals surface area (Å²) in [6, 6.07) is 7.90. The summed E-state index contributed by atoms with van der Waals surface area (Å²) in [4.78, 5) is 8.32. The van der Waals surface area contributed by atoms with Gasteiger partial charge in [-0.25, -0.2) is 9.97 Å². The van der Waals surface area contributed by atoms with Crippen LogP contribution in [0.3, 0.4) is 0 Å². The second-order valence-corrected chi connectivity index (χ2v) is 4.77. The van der Waals surface area contributed by atoms with Crippen molar-refractivity contribution in [1.29, 1.82) is 0 Å². The average molecular weight is 292 g/mol. The predicted octanol–water partition coefficient (Wildman–Crippen LogP) is 3.70. The fraction of sp³-hybridized carbons (Fsp3) is 0.333. The summed E-state index contributed by atoms with van der Waals surface area (Å²) in [5.41, 5.74) is 2.04. The van der Waals surface area contributed by atoms with Gasteiger partial charge in [0.1, 0.15) is 23.0 Å². The quantitative estimate of drug-likeness (QED) is 0.824. The zero-order chi connectivity index (χ0) is 14.4. The van der Waals surface area contributed by atoms with E-state index in [0.29, 0.717) is 11.7 Å². The highest BCUT2D eigenvalue weighted by atomic mass is 35.5. The second-order valence-electron chi connectivity index (χ2n) is 4.41. The summed E-state index contributed by atoms with van der Waals surface area (Å²) in [5, 5.41) is 3.83. The van der Waals surface area contributed by atoms with Crippen LogP contribution < -0.4 is 10.1 Å². The number of nitrogens with zero attached hydrogens (tertiary/aromatic N) is 2. The molecule has 1 N–H and O–H groups in total. The van der Waals surface area contributed by atoms with E-state index in [-0.39, 0.29) is 0 Å². The van der Waals surface area contributed by atoms with Crippen molar-refractivity contribution in [3.05, 3.63) is 46.9 Å². The van der Waals surface area contributed by atoms with E-state index < -0.39 is 0 Å². The lowest BCUT2D eigenvalue weighted by molar-refractivity contribution is 0.410. The predicted molar refractivity (Wildman–Crippen MR) is 81.4 cm³/mol. The number of methoxy groups -OCH3 is 1. The monoisotopic (exact) mass is 291 g/mol. The molecule has 2 rings (SSSR count). The lowest BCUT2D eigenvalue weighted by Gasteiger charge is -2.13. The van der Waals surface area contributed by atoms with E-state index in [1.165, 1.54) is 6.33 Å². The molecule has 0 atom stereocenters. The average Bonchev–Trinajstić information content (AvgIpc) is 2.48. The van der Waals surface area contributed by atoms with Gasteiger partial charge in [0, 0.05) is 17.7 Å². The van der Waals surface area contributed by atoms with Crippen molar-refractivity contribution >= 4 is 17.4 Å². The number of para-hydroxylation sites is 1. The maximum atomic E-state index is 6.13. The third-order valence-electron chi connectivity index (χ3n) is 3.03. The van der Waals surface area contributed by atoms with Gasteiger partial charge in [0.15, 0.2) is 0 Å². The van der Waals surface area contributed by atoms with Gasteiger partial charge in [-0.2, -0.15) is 0 Å². The fourth-order valence-corrected chi connectivity index (χ4v) is 2.27. The van der Waals surface area contributed by atoms with Gasteiger partial charge in [0.05, 0.1) is 7.11 Å². The van der Waals surface area contributed by atoms with E-state index in [0.717, 1.165) is 35.5 Å². The Morgan fingerprint density at radius 3 is 2.80 bits per heavy atom. The Morgan fingerprint density at radius 2 is 2.05 bits per heavy atom. The molecule has 0 spiro atoms. The first-order valence-corrected chi connectivity index (χ1v) is 6.99. The summed E-state index contributed by atoms with van der Waals surface area (Å²) in [5.74, 6) is 1.65. The minimum Gasteiger partial charge on any atom is -0.496 e. The molecule has 1 aromatic carbocycles. The highest BCUT2D eigenvalue weighted by Gasteiger charge is 2.09. The van der Waals surface area contributed by atoms with Crippen molar-refractivity contribution in [2.24, 2.45) is 0 Å². The molecule has 0 aliphatic rings. The van der Waals surface area contributed by atoms with Gasteiger partial charge in [-0.15, -0.1) is 0 Å². The van der Waals surface area contributed by atoms with Gasteiger partial charge in [0.25, 0.3) is 0 Å². The van der Waals surface area contributed by atoms with Crippen molar-refractivity contribution in [2.75, 3.05) is 12.4 Å². The van der Waals surface area contributed by atoms with E-state index in [4.69, 9.17) is 16.3 Å². The third-order valence-corrected chi connectivity index (χ3v) is 3.36. The van der Waals surface area contributed by atoms with Crippen LogP contribution in [-0.4, -0.2) is 17.1 Å². The van der Waals surface area contributed by atoms with Crippen LogP contribution in [0.4, 0.5) is 5.82 Å². The Labute approximate surface area is 124 Å². The maximum Gasteiger partial charge on any atom is 0.137 e. The van der Waals surface area contributed by atoms with E-state index in [1.807, 2.05) is 24.3 Å². The van der Waals surface area contributed by atoms with Crippen LogP contribution in [0.15, 0.2) is 30.6 Å². The molecule has 0 saturated carbocycles. The van der Waals surface area contributed by atoms with Crippen LogP contribution in [0.5, 0.6) is 5.75 Å². The first kappa shape index (κ1) is 14.6. The molecule has 0 bridgehead atoms. The van der Waals surface area contributed by atoms with Crippen molar-refractivity contribution in [3.8, 4) is 5.75 Å². The fourth-order valence-electron chi connectivity index (χ4n) is 2.04. The standard InChI is InChI=1S/C15H18ClN3O/c1-3-6-12-14(16)18-10-19-15(12)17-9-11-7-4-5-8-13(11)20-2/h4-5,7-8,10H,3,6,9H2,1-2H3,(H,17,18,19). The summed E-state index contributed by atoms with van der Waals surface area (Å²) in [6.07, 6.45) is 3.33. The van der Waals surface area contributed by atoms with Crippen molar-refractivity contribution in [2.45, 2.75) is 26.3 Å². The van der Waals surface area contributed by atoms with Crippen LogP contribution in [0.25, 0.3) is 0 Å². The van der Waals surface area contributed by atoms with E-state index in [1.54, 1.807) is 7.11 Å². The van der Waals surface area contributed by atoms with Crippen LogP contribution in [-0.2, 0) is 13.0 Å². The molecule has 0 saturated heterocycles. The molecule has 0 aliphatic carbocycles. The number of halogens is 1. The molecular weight excluding hydrogens is 274 g/mol. The Bertz CT molecular complexity index is 575. The SMILES string of the molecule is CCCc1c(Cl)ncnc1NCc1ccccc1OC. The number of nitrogens with one attached hydrogen (secondary N) is 1. The van der Waals surface area contributed by atoms with Crippen molar-refractivity contribution < 1.29 is 4.74 Å². The topological polar surface area (TPSA) is 47.0 Å². The molecule has 0 fully saturated rings. The first-order chi connectivity index (χ1) is 9.76. The molecule has 0 radical (unpaired) electrons. The molecule has 2 aromatic rings. The summed E-state index contributed by atoms with van der Waals surface area (Å²) >= 11 is 6.13. The van der Waals surface area contributed by atoms with Crippen molar-refractivity contribution in [1.82, 2.24) is 9.97 Å². The van der Waals surface area contributed by atoms with Crippen molar-refractivity contribution in [3.63, 3.8) is 0 Å². The Kier molecular flexibility index (Phi) is 5.18. The van der Waals surface area contributed by atoms with E-state index >= 15 is 0 Å². The number of aromatic nitrogens is 2. The molecule has 4 nitrogen and oxygen atoms in total. The van der Waals surface area contributed by atoms with E-state index in [2.05, 4.69) is 22.2 Å². The molecule has 0 unspecified atom stereocenters. The Morgan fingerprint density at radius 1 is 1.25 bits per heavy atom. The third kappa shape index (κ3) is 3.39. The second kappa shape index (κ2) is 7.10. The highest BCUT2D eigenvalue weighted by molar-refractivity contribution is 6.30. The number of benzene rings is 1. The highest BCUT2D eigenvalue weighted by Crippen LogP contribution is 2.23. The summed E-state index contributed by atoms with van der Waals surface area (Å²) < 4.78 is 5.34. The smallest absolute Gasteiger partial charge is 0.137 e. The molecule has 5 heteroatoms. The molecule has 0 amide bonds. The lowest BCUT2D eigenvalue weighted by Crippen LogP contribution is -2.07.